The highest BCUT2D eigenvalue weighted by molar-refractivity contribution is 5.44. The van der Waals surface area contributed by atoms with Gasteiger partial charge in [-0.15, -0.1) is 0 Å². The second-order valence-electron chi connectivity index (χ2n) is 4.97. The summed E-state index contributed by atoms with van der Waals surface area (Å²) in [4.78, 5) is 0. The second kappa shape index (κ2) is 5.41. The Morgan fingerprint density at radius 3 is 2.57 bits per heavy atom. The van der Waals surface area contributed by atoms with Crippen LogP contribution in [0.3, 0.4) is 0 Å². The van der Waals surface area contributed by atoms with E-state index in [0.717, 1.165) is 29.4 Å². The van der Waals surface area contributed by atoms with Crippen molar-refractivity contribution in [3.63, 3.8) is 0 Å². The average molecular weight is 293 g/mol. The van der Waals surface area contributed by atoms with Crippen molar-refractivity contribution in [2.75, 3.05) is 13.7 Å². The largest absolute Gasteiger partial charge is 0.497 e. The standard InChI is InChI=1S/C16H14F3NO/c1-21-10-2-3-11-9(8-10)6-7-20-16(11)12-4-5-13(17)15(19)14(12)18/h2-5,8,16,20H,6-7H2,1H3. The summed E-state index contributed by atoms with van der Waals surface area (Å²) < 4.78 is 45.7. The molecule has 1 unspecified atom stereocenters. The molecule has 1 atom stereocenters. The molecule has 0 saturated carbocycles. The Morgan fingerprint density at radius 2 is 1.81 bits per heavy atom. The zero-order valence-electron chi connectivity index (χ0n) is 11.4. The molecule has 1 heterocycles. The maximum absolute atomic E-state index is 14.0. The van der Waals surface area contributed by atoms with Crippen LogP contribution in [-0.4, -0.2) is 13.7 Å². The van der Waals surface area contributed by atoms with Crippen LogP contribution in [0.15, 0.2) is 30.3 Å². The van der Waals surface area contributed by atoms with Gasteiger partial charge in [0.05, 0.1) is 13.2 Å². The van der Waals surface area contributed by atoms with E-state index in [-0.39, 0.29) is 5.56 Å². The van der Waals surface area contributed by atoms with Crippen molar-refractivity contribution in [1.29, 1.82) is 0 Å². The number of benzene rings is 2. The summed E-state index contributed by atoms with van der Waals surface area (Å²) in [6.07, 6.45) is 0.772. The van der Waals surface area contributed by atoms with E-state index in [1.807, 2.05) is 12.1 Å². The molecule has 5 heteroatoms. The molecule has 0 saturated heterocycles. The van der Waals surface area contributed by atoms with E-state index in [4.69, 9.17) is 4.74 Å². The Hall–Kier alpha value is -2.01. The SMILES string of the molecule is COc1ccc2c(c1)CCNC2c1ccc(F)c(F)c1F. The summed E-state index contributed by atoms with van der Waals surface area (Å²) in [6.45, 7) is 0.628. The van der Waals surface area contributed by atoms with E-state index in [1.165, 1.54) is 6.07 Å². The lowest BCUT2D eigenvalue weighted by atomic mass is 9.89. The van der Waals surface area contributed by atoms with Gasteiger partial charge in [-0.3, -0.25) is 0 Å². The van der Waals surface area contributed by atoms with Crippen molar-refractivity contribution in [3.8, 4) is 5.75 Å². The average Bonchev–Trinajstić information content (AvgIpc) is 2.52. The zero-order chi connectivity index (χ0) is 15.0. The van der Waals surface area contributed by atoms with Gasteiger partial charge in [0.25, 0.3) is 0 Å². The van der Waals surface area contributed by atoms with Crippen molar-refractivity contribution >= 4 is 0 Å². The molecule has 0 aromatic heterocycles. The molecule has 3 rings (SSSR count). The van der Waals surface area contributed by atoms with Crippen LogP contribution < -0.4 is 10.1 Å². The lowest BCUT2D eigenvalue weighted by molar-refractivity contribution is 0.412. The van der Waals surface area contributed by atoms with Gasteiger partial charge in [-0.25, -0.2) is 13.2 Å². The van der Waals surface area contributed by atoms with E-state index in [2.05, 4.69) is 5.32 Å². The minimum Gasteiger partial charge on any atom is -0.497 e. The number of hydrogen-bond donors (Lipinski definition) is 1. The summed E-state index contributed by atoms with van der Waals surface area (Å²) in [5, 5.41) is 3.15. The second-order valence-corrected chi connectivity index (χ2v) is 4.97. The fraction of sp³-hybridized carbons (Fsp3) is 0.250. The van der Waals surface area contributed by atoms with E-state index >= 15 is 0 Å². The normalized spacial score (nSPS) is 17.4. The number of fused-ring (bicyclic) bond motifs is 1. The summed E-state index contributed by atoms with van der Waals surface area (Å²) in [5.41, 5.74) is 1.98. The summed E-state index contributed by atoms with van der Waals surface area (Å²) in [5.74, 6) is -3.03. The third-order valence-corrected chi connectivity index (χ3v) is 3.78. The van der Waals surface area contributed by atoms with Gasteiger partial charge in [-0.2, -0.15) is 0 Å². The van der Waals surface area contributed by atoms with Crippen LogP contribution in [0.2, 0.25) is 0 Å². The van der Waals surface area contributed by atoms with Crippen molar-refractivity contribution in [2.24, 2.45) is 0 Å². The molecule has 0 fully saturated rings. The first kappa shape index (κ1) is 13.9. The van der Waals surface area contributed by atoms with Crippen LogP contribution in [-0.2, 0) is 6.42 Å². The summed E-state index contributed by atoms with van der Waals surface area (Å²) in [6, 6.07) is 7.23. The molecule has 21 heavy (non-hydrogen) atoms. The number of methoxy groups -OCH3 is 1. The van der Waals surface area contributed by atoms with Crippen molar-refractivity contribution in [1.82, 2.24) is 5.32 Å². The monoisotopic (exact) mass is 293 g/mol. The number of halogens is 3. The molecule has 2 aromatic rings. The highest BCUT2D eigenvalue weighted by Crippen LogP contribution is 2.33. The molecule has 2 nitrogen and oxygen atoms in total. The number of hydrogen-bond acceptors (Lipinski definition) is 2. The maximum Gasteiger partial charge on any atom is 0.194 e. The lowest BCUT2D eigenvalue weighted by Gasteiger charge is -2.28. The molecular formula is C16H14F3NO. The smallest absolute Gasteiger partial charge is 0.194 e. The molecule has 0 spiro atoms. The Bertz CT molecular complexity index is 687. The van der Waals surface area contributed by atoms with Gasteiger partial charge in [0.2, 0.25) is 0 Å². The van der Waals surface area contributed by atoms with Gasteiger partial charge in [0, 0.05) is 12.1 Å². The van der Waals surface area contributed by atoms with Crippen LogP contribution >= 0.6 is 0 Å². The van der Waals surface area contributed by atoms with E-state index in [1.54, 1.807) is 13.2 Å². The van der Waals surface area contributed by atoms with Crippen molar-refractivity contribution < 1.29 is 17.9 Å². The van der Waals surface area contributed by atoms with E-state index in [0.29, 0.717) is 6.54 Å². The molecule has 1 aliphatic rings. The molecule has 2 aromatic carbocycles. The topological polar surface area (TPSA) is 21.3 Å². The van der Waals surface area contributed by atoms with Gasteiger partial charge in [0.15, 0.2) is 17.5 Å². The van der Waals surface area contributed by atoms with E-state index < -0.39 is 23.5 Å². The maximum atomic E-state index is 14.0. The first-order valence-electron chi connectivity index (χ1n) is 6.65. The Labute approximate surface area is 120 Å². The molecular weight excluding hydrogens is 279 g/mol. The predicted molar refractivity (Wildman–Crippen MR) is 72.9 cm³/mol. The minimum absolute atomic E-state index is 0.111. The molecule has 0 aliphatic carbocycles. The van der Waals surface area contributed by atoms with Gasteiger partial charge in [-0.1, -0.05) is 12.1 Å². The molecule has 1 N–H and O–H groups in total. The molecule has 110 valence electrons. The van der Waals surface area contributed by atoms with Crippen LogP contribution in [0.1, 0.15) is 22.7 Å². The van der Waals surface area contributed by atoms with Gasteiger partial charge >= 0.3 is 0 Å². The van der Waals surface area contributed by atoms with E-state index in [9.17, 15) is 13.2 Å². The minimum atomic E-state index is -1.44. The van der Waals surface area contributed by atoms with Crippen LogP contribution in [0.25, 0.3) is 0 Å². The Balaban J connectivity index is 2.08. The fourth-order valence-electron chi connectivity index (χ4n) is 2.71. The van der Waals surface area contributed by atoms with Crippen LogP contribution in [0.4, 0.5) is 13.2 Å². The van der Waals surface area contributed by atoms with Gasteiger partial charge in [0.1, 0.15) is 5.75 Å². The number of ether oxygens (including phenoxy) is 1. The third-order valence-electron chi connectivity index (χ3n) is 3.78. The first-order valence-corrected chi connectivity index (χ1v) is 6.65. The Morgan fingerprint density at radius 1 is 1.05 bits per heavy atom. The quantitative estimate of drug-likeness (QED) is 0.857. The third kappa shape index (κ3) is 2.38. The zero-order valence-corrected chi connectivity index (χ0v) is 11.4. The van der Waals surface area contributed by atoms with Crippen LogP contribution in [0, 0.1) is 17.5 Å². The van der Waals surface area contributed by atoms with Gasteiger partial charge < -0.3 is 10.1 Å². The fourth-order valence-corrected chi connectivity index (χ4v) is 2.71. The summed E-state index contributed by atoms with van der Waals surface area (Å²) >= 11 is 0. The number of nitrogens with one attached hydrogen (secondary N) is 1. The lowest BCUT2D eigenvalue weighted by Crippen LogP contribution is -2.31. The van der Waals surface area contributed by atoms with Gasteiger partial charge in [-0.05, 0) is 35.7 Å². The molecule has 0 radical (unpaired) electrons. The molecule has 1 aliphatic heterocycles. The molecule has 0 amide bonds. The highest BCUT2D eigenvalue weighted by atomic mass is 19.2. The predicted octanol–water partition coefficient (Wildman–Crippen LogP) is 3.35. The summed E-state index contributed by atoms with van der Waals surface area (Å²) in [7, 11) is 1.58. The van der Waals surface area contributed by atoms with Crippen molar-refractivity contribution in [3.05, 3.63) is 64.5 Å². The van der Waals surface area contributed by atoms with Crippen molar-refractivity contribution in [2.45, 2.75) is 12.5 Å². The first-order chi connectivity index (χ1) is 10.1. The molecule has 0 bridgehead atoms. The Kier molecular flexibility index (Phi) is 3.59. The highest BCUT2D eigenvalue weighted by Gasteiger charge is 2.26. The van der Waals surface area contributed by atoms with Crippen LogP contribution in [0.5, 0.6) is 5.75 Å². The number of rotatable bonds is 2.